The minimum atomic E-state index is 0. The first kappa shape index (κ1) is 36.7. The summed E-state index contributed by atoms with van der Waals surface area (Å²) in [5.74, 6) is 0.547. The van der Waals surface area contributed by atoms with E-state index in [1.807, 2.05) is 57.6 Å². The maximum atomic E-state index is 11.7. The molecule has 6 rings (SSSR count). The number of pyridine rings is 2. The number of aliphatic hydroxyl groups excluding tert-OH is 1. The molecule has 5 aromatic rings. The molecule has 1 aliphatic rings. The molecule has 6 heteroatoms. The molecule has 0 unspecified atom stereocenters. The van der Waals surface area contributed by atoms with E-state index in [0.717, 1.165) is 55.2 Å². The number of allylic oxidation sites excluding steroid dienone is 2. The maximum Gasteiger partial charge on any atom is 0.162 e. The number of hydrogen-bond donors (Lipinski definition) is 1. The zero-order chi connectivity index (χ0) is 33.0. The average molecular weight is 824 g/mol. The first-order valence-corrected chi connectivity index (χ1v) is 17.7. The van der Waals surface area contributed by atoms with Crippen molar-refractivity contribution in [1.29, 1.82) is 0 Å². The largest absolute Gasteiger partial charge is 0.512 e. The molecule has 249 valence electrons. The summed E-state index contributed by atoms with van der Waals surface area (Å²) < 4.78 is 1.30. The van der Waals surface area contributed by atoms with E-state index in [1.54, 1.807) is 0 Å². The van der Waals surface area contributed by atoms with E-state index in [4.69, 9.17) is 4.98 Å². The minimum Gasteiger partial charge on any atom is -0.512 e. The second-order valence-corrected chi connectivity index (χ2v) is 14.5. The predicted octanol–water partition coefficient (Wildman–Crippen LogP) is 11.2. The number of hydrogen-bond acceptors (Lipinski definition) is 5. The molecule has 0 saturated heterocycles. The second kappa shape index (κ2) is 15.8. The van der Waals surface area contributed by atoms with Crippen LogP contribution in [0.2, 0.25) is 0 Å². The Balaban J connectivity index is 0.000000269. The summed E-state index contributed by atoms with van der Waals surface area (Å²) in [6.45, 7) is 14.9. The van der Waals surface area contributed by atoms with Crippen molar-refractivity contribution in [2.45, 2.75) is 92.4 Å². The Morgan fingerprint density at radius 2 is 1.68 bits per heavy atom. The maximum absolute atomic E-state index is 11.7. The Hall–Kier alpha value is -3.18. The fraction of sp³-hybridized carbons (Fsp3) is 0.390. The molecule has 47 heavy (non-hydrogen) atoms. The van der Waals surface area contributed by atoms with Crippen LogP contribution in [0.15, 0.2) is 72.9 Å². The summed E-state index contributed by atoms with van der Waals surface area (Å²) in [7, 11) is 0. The van der Waals surface area contributed by atoms with Gasteiger partial charge in [0.1, 0.15) is 0 Å². The third kappa shape index (κ3) is 7.77. The van der Waals surface area contributed by atoms with Gasteiger partial charge in [-0.25, -0.2) is 0 Å². The molecule has 3 aromatic heterocycles. The van der Waals surface area contributed by atoms with Crippen molar-refractivity contribution in [1.82, 2.24) is 9.97 Å². The van der Waals surface area contributed by atoms with Gasteiger partial charge in [0.05, 0.1) is 5.76 Å². The third-order valence-corrected chi connectivity index (χ3v) is 10.6. The van der Waals surface area contributed by atoms with Crippen LogP contribution >= 0.6 is 11.3 Å². The molecule has 0 aliphatic heterocycles. The van der Waals surface area contributed by atoms with Crippen LogP contribution in [0.25, 0.3) is 43.2 Å². The van der Waals surface area contributed by atoms with Crippen LogP contribution in [0.5, 0.6) is 0 Å². The van der Waals surface area contributed by atoms with Crippen LogP contribution in [-0.2, 0) is 43.2 Å². The second-order valence-electron chi connectivity index (χ2n) is 13.4. The fourth-order valence-corrected chi connectivity index (χ4v) is 7.85. The van der Waals surface area contributed by atoms with Crippen molar-refractivity contribution in [3.8, 4) is 22.4 Å². The Morgan fingerprint density at radius 3 is 2.36 bits per heavy atom. The van der Waals surface area contributed by atoms with Gasteiger partial charge < -0.3 is 5.11 Å². The van der Waals surface area contributed by atoms with Gasteiger partial charge in [-0.1, -0.05) is 77.6 Å². The van der Waals surface area contributed by atoms with Gasteiger partial charge in [0, 0.05) is 71.9 Å². The molecule has 1 N–H and O–H groups in total. The van der Waals surface area contributed by atoms with Crippen LogP contribution in [0.4, 0.5) is 0 Å². The topological polar surface area (TPSA) is 63.1 Å². The number of carbonyl (C=O) groups is 1. The van der Waals surface area contributed by atoms with E-state index < -0.39 is 0 Å². The third-order valence-electron chi connectivity index (χ3n) is 9.39. The van der Waals surface area contributed by atoms with E-state index in [2.05, 4.69) is 74.3 Å². The zero-order valence-corrected chi connectivity index (χ0v) is 32.0. The van der Waals surface area contributed by atoms with Crippen LogP contribution in [0.3, 0.4) is 0 Å². The van der Waals surface area contributed by atoms with E-state index in [1.165, 1.54) is 48.7 Å². The fourth-order valence-electron chi connectivity index (χ4n) is 6.64. The number of thiophene rings is 1. The number of ketones is 1. The van der Waals surface area contributed by atoms with Crippen LogP contribution < -0.4 is 0 Å². The molecule has 0 saturated carbocycles. The molecule has 0 amide bonds. The molecular formula is C41H47IrN2O2S-. The minimum absolute atomic E-state index is 0. The number of fused-ring (bicyclic) bond motifs is 6. The summed E-state index contributed by atoms with van der Waals surface area (Å²) in [4.78, 5) is 22.5. The monoisotopic (exact) mass is 824 g/mol. The van der Waals surface area contributed by atoms with Gasteiger partial charge >= 0.3 is 0 Å². The Bertz CT molecular complexity index is 1880. The van der Waals surface area contributed by atoms with Crippen molar-refractivity contribution in [3.05, 3.63) is 95.0 Å². The number of nitrogens with zero attached hydrogens (tertiary/aromatic N) is 2. The van der Waals surface area contributed by atoms with E-state index in [-0.39, 0.29) is 48.9 Å². The van der Waals surface area contributed by atoms with Crippen LogP contribution in [-0.4, -0.2) is 20.9 Å². The van der Waals surface area contributed by atoms with Crippen molar-refractivity contribution < 1.29 is 30.0 Å². The number of rotatable bonds is 8. The van der Waals surface area contributed by atoms with Crippen molar-refractivity contribution >= 4 is 38.0 Å². The Morgan fingerprint density at radius 1 is 0.979 bits per heavy atom. The molecule has 0 spiro atoms. The summed E-state index contributed by atoms with van der Waals surface area (Å²) in [5, 5.41) is 13.4. The number of aliphatic hydroxyl groups is 1. The Kier molecular flexibility index (Phi) is 12.3. The molecular weight excluding hydrogens is 777 g/mol. The van der Waals surface area contributed by atoms with Gasteiger partial charge in [0.25, 0.3) is 0 Å². The van der Waals surface area contributed by atoms with Crippen LogP contribution in [0.1, 0.15) is 90.2 Å². The number of carbonyl (C=O) groups excluding carboxylic acids is 1. The molecule has 0 atom stereocenters. The number of aromatic nitrogens is 2. The quantitative estimate of drug-likeness (QED) is 0.0962. The predicted molar refractivity (Wildman–Crippen MR) is 195 cm³/mol. The zero-order valence-electron chi connectivity index (χ0n) is 28.7. The molecule has 1 radical (unpaired) electrons. The van der Waals surface area contributed by atoms with E-state index >= 15 is 0 Å². The average Bonchev–Trinajstić information content (AvgIpc) is 3.45. The molecule has 0 fully saturated rings. The normalized spacial score (nSPS) is 12.8. The number of aryl methyl sites for hydroxylation is 2. The summed E-state index contributed by atoms with van der Waals surface area (Å²) in [5.41, 5.74) is 7.49. The summed E-state index contributed by atoms with van der Waals surface area (Å²) in [6, 6.07) is 18.9. The first-order chi connectivity index (χ1) is 22.1. The van der Waals surface area contributed by atoms with Crippen molar-refractivity contribution in [2.24, 2.45) is 11.8 Å². The Labute approximate surface area is 298 Å². The number of benzene rings is 2. The summed E-state index contributed by atoms with van der Waals surface area (Å²) >= 11 is 1.91. The van der Waals surface area contributed by atoms with Gasteiger partial charge in [0.2, 0.25) is 0 Å². The van der Waals surface area contributed by atoms with E-state index in [9.17, 15) is 9.90 Å². The molecule has 3 heterocycles. The SMILES string of the molecule is CC(C)(C)c1cc(-c2nccc3sc4c(c23)-c2ccncc2CC4)[c-]c2ccccc12.CCC(CC)C(=O)/C=C(\O)C(CC)CC.[Ir]. The van der Waals surface area contributed by atoms with Gasteiger partial charge in [-0.15, -0.1) is 40.5 Å². The van der Waals surface area contributed by atoms with Gasteiger partial charge in [-0.2, -0.15) is 0 Å². The molecule has 2 aromatic carbocycles. The van der Waals surface area contributed by atoms with Gasteiger partial charge in [0.15, 0.2) is 5.78 Å². The van der Waals surface area contributed by atoms with Crippen molar-refractivity contribution in [2.75, 3.05) is 0 Å². The molecule has 0 bridgehead atoms. The summed E-state index contributed by atoms with van der Waals surface area (Å²) in [6.07, 6.45) is 12.9. The van der Waals surface area contributed by atoms with Crippen molar-refractivity contribution in [3.63, 3.8) is 0 Å². The first-order valence-electron chi connectivity index (χ1n) is 16.8. The van der Waals surface area contributed by atoms with Crippen LogP contribution in [0, 0.1) is 17.9 Å². The molecule has 1 aliphatic carbocycles. The van der Waals surface area contributed by atoms with Gasteiger partial charge in [-0.05, 0) is 78.1 Å². The smallest absolute Gasteiger partial charge is 0.162 e. The molecule has 4 nitrogen and oxygen atoms in total. The standard InChI is InChI=1S/C28H23N2S.C13H24O2.Ir/c1-28(2,3)22-15-19(14-17-6-4-5-7-20(17)22)27-26-24(11-13-30-27)31-23-9-8-18-16-29-12-10-21(18)25(23)26;1-5-10(6-2)12(14)9-13(15)11(7-3)8-4;/h4-7,10-13,15-16H,8-9H2,1-3H3;9-11,14H,5-8H2,1-4H3;/q-1;;/b;12-9-;. The van der Waals surface area contributed by atoms with Gasteiger partial charge in [-0.3, -0.25) is 14.8 Å². The van der Waals surface area contributed by atoms with E-state index in [0.29, 0.717) is 0 Å².